The van der Waals surface area contributed by atoms with Crippen molar-refractivity contribution in [3.05, 3.63) is 29.8 Å². The first-order chi connectivity index (χ1) is 9.97. The summed E-state index contributed by atoms with van der Waals surface area (Å²) < 4.78 is 26.2. The van der Waals surface area contributed by atoms with Crippen LogP contribution in [0, 0.1) is 11.6 Å². The molecule has 2 rings (SSSR count). The number of carbonyl (C=O) groups is 2. The number of halogens is 2. The van der Waals surface area contributed by atoms with E-state index < -0.39 is 17.6 Å². The van der Waals surface area contributed by atoms with Crippen molar-refractivity contribution in [2.45, 2.75) is 30.2 Å². The second-order valence-corrected chi connectivity index (χ2v) is 5.84. The Morgan fingerprint density at radius 2 is 2.05 bits per heavy atom. The van der Waals surface area contributed by atoms with Gasteiger partial charge in [0, 0.05) is 23.5 Å². The minimum absolute atomic E-state index is 0.0126. The fraction of sp³-hybridized carbons (Fsp3) is 0.429. The average molecular weight is 315 g/mol. The summed E-state index contributed by atoms with van der Waals surface area (Å²) in [6, 6.07) is 3.31. The third-order valence-electron chi connectivity index (χ3n) is 3.12. The summed E-state index contributed by atoms with van der Waals surface area (Å²) in [6.45, 7) is 0.172. The second-order valence-electron chi connectivity index (χ2n) is 4.83. The smallest absolute Gasteiger partial charge is 0.305 e. The van der Waals surface area contributed by atoms with E-state index in [1.807, 2.05) is 0 Å². The molecule has 1 fully saturated rings. The molecule has 1 aliphatic carbocycles. The summed E-state index contributed by atoms with van der Waals surface area (Å²) in [7, 11) is 0. The highest BCUT2D eigenvalue weighted by Gasteiger charge is 2.32. The van der Waals surface area contributed by atoms with Crippen LogP contribution in [-0.4, -0.2) is 40.2 Å². The van der Waals surface area contributed by atoms with Gasteiger partial charge in [-0.1, -0.05) is 0 Å². The van der Waals surface area contributed by atoms with Gasteiger partial charge in [0.05, 0.1) is 12.2 Å². The van der Waals surface area contributed by atoms with E-state index in [4.69, 9.17) is 5.11 Å². The van der Waals surface area contributed by atoms with Crippen molar-refractivity contribution in [1.29, 1.82) is 0 Å². The molecule has 1 N–H and O–H groups in total. The molecule has 0 aromatic heterocycles. The van der Waals surface area contributed by atoms with Gasteiger partial charge in [0.25, 0.3) is 0 Å². The Labute approximate surface area is 125 Å². The van der Waals surface area contributed by atoms with Crippen molar-refractivity contribution in [2.75, 3.05) is 12.3 Å². The van der Waals surface area contributed by atoms with Gasteiger partial charge in [-0.2, -0.15) is 0 Å². The molecular formula is C14H15F2NO3S. The van der Waals surface area contributed by atoms with E-state index in [9.17, 15) is 18.4 Å². The number of carboxylic acid groups (broad SMARTS) is 1. The quantitative estimate of drug-likeness (QED) is 0.786. The number of amides is 1. The number of aliphatic carboxylic acids is 1. The van der Waals surface area contributed by atoms with Crippen LogP contribution < -0.4 is 0 Å². The zero-order valence-corrected chi connectivity index (χ0v) is 12.0. The van der Waals surface area contributed by atoms with E-state index in [0.29, 0.717) is 0 Å². The topological polar surface area (TPSA) is 57.6 Å². The standard InChI is InChI=1S/C14H15F2NO3S/c15-9-1-4-12(11(16)7-9)21-8-13(18)17(10-2-3-10)6-5-14(19)20/h1,4,7,10H,2-3,5-6,8H2,(H,19,20). The molecule has 0 atom stereocenters. The Morgan fingerprint density at radius 3 is 2.62 bits per heavy atom. The van der Waals surface area contributed by atoms with Crippen LogP contribution in [0.2, 0.25) is 0 Å². The van der Waals surface area contributed by atoms with Gasteiger partial charge in [-0.3, -0.25) is 9.59 Å². The molecule has 1 saturated carbocycles. The number of carboxylic acids is 1. The molecule has 0 spiro atoms. The molecule has 21 heavy (non-hydrogen) atoms. The summed E-state index contributed by atoms with van der Waals surface area (Å²) in [5, 5.41) is 8.69. The molecule has 0 unspecified atom stereocenters. The maximum Gasteiger partial charge on any atom is 0.305 e. The van der Waals surface area contributed by atoms with E-state index >= 15 is 0 Å². The number of rotatable bonds is 7. The molecule has 1 aliphatic rings. The largest absolute Gasteiger partial charge is 0.481 e. The van der Waals surface area contributed by atoms with E-state index in [2.05, 4.69) is 0 Å². The van der Waals surface area contributed by atoms with Crippen molar-refractivity contribution in [3.63, 3.8) is 0 Å². The second kappa shape index (κ2) is 6.89. The Morgan fingerprint density at radius 1 is 1.33 bits per heavy atom. The number of benzene rings is 1. The fourth-order valence-corrected chi connectivity index (χ4v) is 2.73. The highest BCUT2D eigenvalue weighted by molar-refractivity contribution is 8.00. The van der Waals surface area contributed by atoms with Gasteiger partial charge < -0.3 is 10.0 Å². The van der Waals surface area contributed by atoms with Gasteiger partial charge in [0.2, 0.25) is 5.91 Å². The van der Waals surface area contributed by atoms with Crippen molar-refractivity contribution >= 4 is 23.6 Å². The monoisotopic (exact) mass is 315 g/mol. The lowest BCUT2D eigenvalue weighted by molar-refractivity contribution is -0.138. The van der Waals surface area contributed by atoms with Gasteiger partial charge in [-0.15, -0.1) is 11.8 Å². The zero-order valence-electron chi connectivity index (χ0n) is 11.2. The van der Waals surface area contributed by atoms with Gasteiger partial charge in [-0.25, -0.2) is 8.78 Å². The Kier molecular flexibility index (Phi) is 5.17. The number of thioether (sulfide) groups is 1. The molecule has 0 aliphatic heterocycles. The third kappa shape index (κ3) is 4.70. The van der Waals surface area contributed by atoms with Gasteiger partial charge >= 0.3 is 5.97 Å². The van der Waals surface area contributed by atoms with Gasteiger partial charge in [0.15, 0.2) is 0 Å². The first-order valence-electron chi connectivity index (χ1n) is 6.56. The summed E-state index contributed by atoms with van der Waals surface area (Å²) in [4.78, 5) is 24.5. The molecule has 1 aromatic carbocycles. The van der Waals surface area contributed by atoms with E-state index in [-0.39, 0.29) is 35.6 Å². The van der Waals surface area contributed by atoms with E-state index in [0.717, 1.165) is 36.7 Å². The predicted octanol–water partition coefficient (Wildman–Crippen LogP) is 2.52. The molecule has 0 radical (unpaired) electrons. The highest BCUT2D eigenvalue weighted by Crippen LogP contribution is 2.29. The molecule has 114 valence electrons. The van der Waals surface area contributed by atoms with E-state index in [1.165, 1.54) is 6.07 Å². The molecule has 7 heteroatoms. The maximum absolute atomic E-state index is 13.5. The first kappa shape index (κ1) is 15.8. The number of carbonyl (C=O) groups excluding carboxylic acids is 1. The molecule has 0 saturated heterocycles. The molecule has 4 nitrogen and oxygen atoms in total. The molecule has 1 amide bonds. The predicted molar refractivity (Wildman–Crippen MR) is 74.1 cm³/mol. The van der Waals surface area contributed by atoms with Crippen molar-refractivity contribution in [2.24, 2.45) is 0 Å². The van der Waals surface area contributed by atoms with Crippen molar-refractivity contribution in [1.82, 2.24) is 4.90 Å². The molecule has 0 bridgehead atoms. The summed E-state index contributed by atoms with van der Waals surface area (Å²) in [5.41, 5.74) is 0. The van der Waals surface area contributed by atoms with Gasteiger partial charge in [0.1, 0.15) is 11.6 Å². The molecule has 1 aromatic rings. The lowest BCUT2D eigenvalue weighted by Gasteiger charge is -2.21. The van der Waals surface area contributed by atoms with Crippen LogP contribution in [-0.2, 0) is 9.59 Å². The third-order valence-corrected chi connectivity index (χ3v) is 4.15. The average Bonchev–Trinajstić information content (AvgIpc) is 3.22. The first-order valence-corrected chi connectivity index (χ1v) is 7.55. The van der Waals surface area contributed by atoms with Crippen LogP contribution in [0.1, 0.15) is 19.3 Å². The minimum Gasteiger partial charge on any atom is -0.481 e. The van der Waals surface area contributed by atoms with Crippen LogP contribution in [0.25, 0.3) is 0 Å². The number of hydrogen-bond acceptors (Lipinski definition) is 3. The normalized spacial score (nSPS) is 14.0. The van der Waals surface area contributed by atoms with Crippen LogP contribution in [0.15, 0.2) is 23.1 Å². The zero-order chi connectivity index (χ0) is 15.4. The summed E-state index contributed by atoms with van der Waals surface area (Å²) in [5.74, 6) is -2.52. The van der Waals surface area contributed by atoms with E-state index in [1.54, 1.807) is 4.90 Å². The van der Waals surface area contributed by atoms with Gasteiger partial charge in [-0.05, 0) is 25.0 Å². The van der Waals surface area contributed by atoms with Crippen LogP contribution in [0.4, 0.5) is 8.78 Å². The summed E-state index contributed by atoms with van der Waals surface area (Å²) in [6.07, 6.45) is 1.65. The Hall–Kier alpha value is -1.63. The fourth-order valence-electron chi connectivity index (χ4n) is 1.93. The van der Waals surface area contributed by atoms with Crippen LogP contribution in [0.3, 0.4) is 0 Å². The summed E-state index contributed by atoms with van der Waals surface area (Å²) >= 11 is 0.991. The van der Waals surface area contributed by atoms with Crippen molar-refractivity contribution < 1.29 is 23.5 Å². The minimum atomic E-state index is -0.953. The van der Waals surface area contributed by atoms with Crippen molar-refractivity contribution in [3.8, 4) is 0 Å². The number of hydrogen-bond donors (Lipinski definition) is 1. The highest BCUT2D eigenvalue weighted by atomic mass is 32.2. The Balaban J connectivity index is 1.91. The number of nitrogens with zero attached hydrogens (tertiary/aromatic N) is 1. The lowest BCUT2D eigenvalue weighted by atomic mass is 10.3. The Bertz CT molecular complexity index is 549. The SMILES string of the molecule is O=C(O)CCN(C(=O)CSc1ccc(F)cc1F)C1CC1. The molecular weight excluding hydrogens is 300 g/mol. The van der Waals surface area contributed by atoms with Crippen LogP contribution >= 0.6 is 11.8 Å². The maximum atomic E-state index is 13.5. The van der Waals surface area contributed by atoms with Crippen LogP contribution in [0.5, 0.6) is 0 Å². The molecule has 0 heterocycles. The lowest BCUT2D eigenvalue weighted by Crippen LogP contribution is -2.36.